The largest absolute Gasteiger partial charge is 0.510 e. The summed E-state index contributed by atoms with van der Waals surface area (Å²) in [7, 11) is 0. The van der Waals surface area contributed by atoms with Gasteiger partial charge in [-0.1, -0.05) is 13.2 Å². The maximum Gasteiger partial charge on any atom is 0.114 e. The highest BCUT2D eigenvalue weighted by Crippen LogP contribution is 2.07. The Hall–Kier alpha value is -0.960. The van der Waals surface area contributed by atoms with E-state index in [0.29, 0.717) is 0 Å². The molecular weight excluding hydrogens is 144 g/mol. The van der Waals surface area contributed by atoms with Crippen LogP contribution < -0.4 is 0 Å². The fourth-order valence-corrected chi connectivity index (χ4v) is 0.463. The Morgan fingerprint density at radius 1 is 1.09 bits per heavy atom. The Kier molecular flexibility index (Phi) is 3.68. The van der Waals surface area contributed by atoms with Crippen LogP contribution in [0.2, 0.25) is 0 Å². The van der Waals surface area contributed by atoms with Gasteiger partial charge in [0.25, 0.3) is 0 Å². The molecule has 2 N–H and O–H groups in total. The first-order chi connectivity index (χ1) is 4.95. The molecular formula is C8H14O3. The first kappa shape index (κ1) is 10.0. The van der Waals surface area contributed by atoms with Crippen molar-refractivity contribution in [3.05, 3.63) is 24.7 Å². The van der Waals surface area contributed by atoms with Crippen LogP contribution >= 0.6 is 0 Å². The maximum absolute atomic E-state index is 8.82. The zero-order valence-corrected chi connectivity index (χ0v) is 6.87. The average molecular weight is 158 g/mol. The number of hydrogen-bond acceptors (Lipinski definition) is 3. The molecule has 0 aliphatic carbocycles. The third-order valence-corrected chi connectivity index (χ3v) is 1.35. The molecule has 0 bridgehead atoms. The van der Waals surface area contributed by atoms with E-state index in [1.165, 1.54) is 0 Å². The third-order valence-electron chi connectivity index (χ3n) is 1.35. The second-order valence-corrected chi connectivity index (χ2v) is 2.40. The summed E-state index contributed by atoms with van der Waals surface area (Å²) in [6.07, 6.45) is -0.956. The van der Waals surface area contributed by atoms with E-state index in [0.717, 1.165) is 0 Å². The van der Waals surface area contributed by atoms with E-state index in [1.54, 1.807) is 13.8 Å². The average Bonchev–Trinajstić information content (AvgIpc) is 1.87. The second kappa shape index (κ2) is 4.03. The molecule has 0 radical (unpaired) electrons. The van der Waals surface area contributed by atoms with Gasteiger partial charge in [-0.2, -0.15) is 0 Å². The zero-order valence-electron chi connectivity index (χ0n) is 6.87. The highest BCUT2D eigenvalue weighted by Gasteiger charge is 2.12. The summed E-state index contributed by atoms with van der Waals surface area (Å²) < 4.78 is 5.07. The Morgan fingerprint density at radius 2 is 1.36 bits per heavy atom. The van der Waals surface area contributed by atoms with Crippen molar-refractivity contribution in [3.63, 3.8) is 0 Å². The zero-order chi connectivity index (χ0) is 9.02. The Morgan fingerprint density at radius 3 is 1.55 bits per heavy atom. The van der Waals surface area contributed by atoms with E-state index in [-0.39, 0.29) is 11.5 Å². The van der Waals surface area contributed by atoms with Crippen LogP contribution in [0.1, 0.15) is 13.8 Å². The van der Waals surface area contributed by atoms with E-state index in [2.05, 4.69) is 13.2 Å². The summed E-state index contributed by atoms with van der Waals surface area (Å²) in [4.78, 5) is 0. The van der Waals surface area contributed by atoms with Crippen molar-refractivity contribution in [3.8, 4) is 0 Å². The third kappa shape index (κ3) is 3.68. The van der Waals surface area contributed by atoms with Crippen molar-refractivity contribution in [2.75, 3.05) is 0 Å². The molecule has 0 aromatic heterocycles. The molecule has 0 saturated heterocycles. The van der Waals surface area contributed by atoms with E-state index in [9.17, 15) is 0 Å². The van der Waals surface area contributed by atoms with Crippen LogP contribution in [0.5, 0.6) is 0 Å². The molecule has 3 heteroatoms. The molecule has 2 unspecified atom stereocenters. The minimum atomic E-state index is -0.478. The van der Waals surface area contributed by atoms with Crippen molar-refractivity contribution in [2.45, 2.75) is 26.1 Å². The molecule has 64 valence electrons. The number of ether oxygens (including phenoxy) is 1. The standard InChI is InChI=1S/C8H14O3/c1-5(9)7(3)11-8(4)6(2)10/h7-10H,1-2H2,3-4H3. The van der Waals surface area contributed by atoms with Gasteiger partial charge in [0.05, 0.1) is 0 Å². The second-order valence-electron chi connectivity index (χ2n) is 2.40. The summed E-state index contributed by atoms with van der Waals surface area (Å²) in [6, 6.07) is 0. The van der Waals surface area contributed by atoms with Gasteiger partial charge in [-0.3, -0.25) is 0 Å². The maximum atomic E-state index is 8.82. The summed E-state index contributed by atoms with van der Waals surface area (Å²) in [6.45, 7) is 9.85. The summed E-state index contributed by atoms with van der Waals surface area (Å²) in [5, 5.41) is 17.6. The van der Waals surface area contributed by atoms with Gasteiger partial charge >= 0.3 is 0 Å². The van der Waals surface area contributed by atoms with Crippen LogP contribution in [-0.2, 0) is 4.74 Å². The van der Waals surface area contributed by atoms with Crippen molar-refractivity contribution >= 4 is 0 Å². The van der Waals surface area contributed by atoms with Crippen LogP contribution in [0, 0.1) is 0 Å². The lowest BCUT2D eigenvalue weighted by atomic mass is 10.3. The quantitative estimate of drug-likeness (QED) is 0.614. The van der Waals surface area contributed by atoms with E-state index < -0.39 is 12.2 Å². The van der Waals surface area contributed by atoms with Gasteiger partial charge in [0.1, 0.15) is 23.7 Å². The monoisotopic (exact) mass is 158 g/mol. The minimum absolute atomic E-state index is 0.0573. The van der Waals surface area contributed by atoms with Crippen molar-refractivity contribution < 1.29 is 14.9 Å². The Labute approximate surface area is 66.6 Å². The smallest absolute Gasteiger partial charge is 0.114 e. The molecule has 0 heterocycles. The fourth-order valence-electron chi connectivity index (χ4n) is 0.463. The molecule has 2 atom stereocenters. The predicted octanol–water partition coefficient (Wildman–Crippen LogP) is 1.92. The predicted molar refractivity (Wildman–Crippen MR) is 43.5 cm³/mol. The molecule has 11 heavy (non-hydrogen) atoms. The number of rotatable bonds is 4. The summed E-state index contributed by atoms with van der Waals surface area (Å²) in [5.74, 6) is -0.115. The first-order valence-corrected chi connectivity index (χ1v) is 3.36. The van der Waals surface area contributed by atoms with Gasteiger partial charge in [0.2, 0.25) is 0 Å². The van der Waals surface area contributed by atoms with Crippen molar-refractivity contribution in [1.82, 2.24) is 0 Å². The molecule has 0 saturated carbocycles. The highest BCUT2D eigenvalue weighted by molar-refractivity contribution is 4.92. The number of aliphatic hydroxyl groups is 2. The topological polar surface area (TPSA) is 49.7 Å². The molecule has 0 aliphatic rings. The van der Waals surface area contributed by atoms with Crippen molar-refractivity contribution in [1.29, 1.82) is 0 Å². The van der Waals surface area contributed by atoms with Crippen LogP contribution in [0.25, 0.3) is 0 Å². The molecule has 0 rings (SSSR count). The number of hydrogen-bond donors (Lipinski definition) is 2. The summed E-state index contributed by atoms with van der Waals surface area (Å²) in [5.41, 5.74) is 0. The summed E-state index contributed by atoms with van der Waals surface area (Å²) >= 11 is 0. The van der Waals surface area contributed by atoms with Gasteiger partial charge in [-0.25, -0.2) is 0 Å². The van der Waals surface area contributed by atoms with Gasteiger partial charge in [0, 0.05) is 0 Å². The lowest BCUT2D eigenvalue weighted by Gasteiger charge is -2.16. The molecule has 0 aliphatic heterocycles. The molecule has 0 amide bonds. The molecule has 3 nitrogen and oxygen atoms in total. The SMILES string of the molecule is C=C(O)C(C)OC(C)C(=C)O. The first-order valence-electron chi connectivity index (χ1n) is 3.36. The molecule has 0 aromatic carbocycles. The van der Waals surface area contributed by atoms with Crippen molar-refractivity contribution in [2.24, 2.45) is 0 Å². The Bertz CT molecular complexity index is 145. The van der Waals surface area contributed by atoms with E-state index >= 15 is 0 Å². The lowest BCUT2D eigenvalue weighted by molar-refractivity contribution is 0.00795. The molecule has 0 aromatic rings. The van der Waals surface area contributed by atoms with Crippen LogP contribution in [0.15, 0.2) is 24.7 Å². The number of aliphatic hydroxyl groups excluding tert-OH is 2. The lowest BCUT2D eigenvalue weighted by Crippen LogP contribution is -2.19. The van der Waals surface area contributed by atoms with E-state index in [4.69, 9.17) is 14.9 Å². The minimum Gasteiger partial charge on any atom is -0.510 e. The Balaban J connectivity index is 3.84. The van der Waals surface area contributed by atoms with E-state index in [1.807, 2.05) is 0 Å². The van der Waals surface area contributed by atoms with Gasteiger partial charge in [-0.15, -0.1) is 0 Å². The highest BCUT2D eigenvalue weighted by atomic mass is 16.5. The van der Waals surface area contributed by atoms with Crippen LogP contribution in [0.4, 0.5) is 0 Å². The molecule has 0 spiro atoms. The van der Waals surface area contributed by atoms with Crippen LogP contribution in [-0.4, -0.2) is 22.4 Å². The fraction of sp³-hybridized carbons (Fsp3) is 0.500. The molecule has 0 fully saturated rings. The van der Waals surface area contributed by atoms with Gasteiger partial charge < -0.3 is 14.9 Å². The van der Waals surface area contributed by atoms with Crippen LogP contribution in [0.3, 0.4) is 0 Å². The van der Waals surface area contributed by atoms with Gasteiger partial charge in [0.15, 0.2) is 0 Å². The van der Waals surface area contributed by atoms with Gasteiger partial charge in [-0.05, 0) is 13.8 Å². The normalized spacial score (nSPS) is 15.5.